The Bertz CT molecular complexity index is 616. The summed E-state index contributed by atoms with van der Waals surface area (Å²) in [7, 11) is 1.66. The van der Waals surface area contributed by atoms with Crippen molar-refractivity contribution in [3.63, 3.8) is 0 Å². The number of ether oxygens (including phenoxy) is 3. The molecule has 0 aromatic heterocycles. The summed E-state index contributed by atoms with van der Waals surface area (Å²) in [5.74, 6) is 1.82. The van der Waals surface area contributed by atoms with Crippen molar-refractivity contribution in [2.24, 2.45) is 5.92 Å². The number of rotatable bonds is 3. The van der Waals surface area contributed by atoms with Gasteiger partial charge in [0.2, 0.25) is 11.7 Å². The lowest BCUT2D eigenvalue weighted by Crippen LogP contribution is -2.52. The average molecular weight is 345 g/mol. The predicted octanol–water partition coefficient (Wildman–Crippen LogP) is 3.50. The summed E-state index contributed by atoms with van der Waals surface area (Å²) in [4.78, 5) is 14.5. The summed E-state index contributed by atoms with van der Waals surface area (Å²) in [6.07, 6.45) is 7.12. The molecule has 1 spiro atoms. The van der Waals surface area contributed by atoms with Gasteiger partial charge in [-0.2, -0.15) is 0 Å². The Balaban J connectivity index is 1.39. The van der Waals surface area contributed by atoms with Gasteiger partial charge in [0.05, 0.1) is 13.7 Å². The van der Waals surface area contributed by atoms with E-state index >= 15 is 0 Å². The third kappa shape index (κ3) is 3.34. The minimum Gasteiger partial charge on any atom is -0.493 e. The number of para-hydroxylation sites is 1. The van der Waals surface area contributed by atoms with Crippen LogP contribution in [0.5, 0.6) is 11.5 Å². The number of piperidine rings is 1. The quantitative estimate of drug-likeness (QED) is 0.841. The van der Waals surface area contributed by atoms with E-state index in [-0.39, 0.29) is 0 Å². The lowest BCUT2D eigenvalue weighted by Gasteiger charge is -2.44. The van der Waals surface area contributed by atoms with Crippen LogP contribution in [0.15, 0.2) is 18.2 Å². The second kappa shape index (κ2) is 6.87. The predicted molar refractivity (Wildman–Crippen MR) is 93.5 cm³/mol. The molecule has 2 fully saturated rings. The SMILES string of the molecule is COc1cccc2c1OC1(CCN(C(=O)CC3CCCC3)CC1)OC2. The molecule has 1 aliphatic carbocycles. The molecule has 0 N–H and O–H groups in total. The van der Waals surface area contributed by atoms with Crippen LogP contribution in [0.2, 0.25) is 0 Å². The van der Waals surface area contributed by atoms with Crippen molar-refractivity contribution in [1.29, 1.82) is 0 Å². The first kappa shape index (κ1) is 16.7. The van der Waals surface area contributed by atoms with Crippen molar-refractivity contribution < 1.29 is 19.0 Å². The molecule has 0 radical (unpaired) electrons. The third-order valence-corrected chi connectivity index (χ3v) is 5.88. The van der Waals surface area contributed by atoms with Crippen LogP contribution in [0.25, 0.3) is 0 Å². The first-order valence-corrected chi connectivity index (χ1v) is 9.46. The Morgan fingerprint density at radius 1 is 1.28 bits per heavy atom. The Kier molecular flexibility index (Phi) is 4.59. The fourth-order valence-corrected chi connectivity index (χ4v) is 4.31. The molecule has 136 valence electrons. The van der Waals surface area contributed by atoms with E-state index in [9.17, 15) is 4.79 Å². The fraction of sp³-hybridized carbons (Fsp3) is 0.650. The fourth-order valence-electron chi connectivity index (χ4n) is 4.31. The molecule has 1 saturated heterocycles. The van der Waals surface area contributed by atoms with E-state index in [1.54, 1.807) is 7.11 Å². The maximum Gasteiger partial charge on any atom is 0.222 e. The lowest BCUT2D eigenvalue weighted by molar-refractivity contribution is -0.228. The summed E-state index contributed by atoms with van der Waals surface area (Å²) in [5.41, 5.74) is 1.02. The van der Waals surface area contributed by atoms with Crippen LogP contribution in [0.1, 0.15) is 50.5 Å². The molecule has 2 aliphatic heterocycles. The van der Waals surface area contributed by atoms with Gasteiger partial charge >= 0.3 is 0 Å². The van der Waals surface area contributed by atoms with Gasteiger partial charge in [-0.3, -0.25) is 4.79 Å². The van der Waals surface area contributed by atoms with E-state index in [1.807, 2.05) is 23.1 Å². The third-order valence-electron chi connectivity index (χ3n) is 5.88. The molecule has 25 heavy (non-hydrogen) atoms. The maximum atomic E-state index is 12.5. The van der Waals surface area contributed by atoms with E-state index in [0.29, 0.717) is 50.8 Å². The van der Waals surface area contributed by atoms with Crippen molar-refractivity contribution in [2.75, 3.05) is 20.2 Å². The minimum atomic E-state index is -0.619. The van der Waals surface area contributed by atoms with Gasteiger partial charge in [0.25, 0.3) is 0 Å². The van der Waals surface area contributed by atoms with E-state index in [4.69, 9.17) is 14.2 Å². The summed E-state index contributed by atoms with van der Waals surface area (Å²) in [5, 5.41) is 0. The van der Waals surface area contributed by atoms with Crippen molar-refractivity contribution in [1.82, 2.24) is 4.90 Å². The van der Waals surface area contributed by atoms with Crippen LogP contribution < -0.4 is 9.47 Å². The smallest absolute Gasteiger partial charge is 0.222 e. The number of carbonyl (C=O) groups is 1. The zero-order valence-electron chi connectivity index (χ0n) is 15.0. The van der Waals surface area contributed by atoms with Gasteiger partial charge < -0.3 is 19.1 Å². The first-order valence-electron chi connectivity index (χ1n) is 9.46. The Morgan fingerprint density at radius 3 is 2.76 bits per heavy atom. The molecule has 1 amide bonds. The molecule has 0 unspecified atom stereocenters. The maximum absolute atomic E-state index is 12.5. The van der Waals surface area contributed by atoms with Gasteiger partial charge in [0.1, 0.15) is 0 Å². The number of likely N-dealkylation sites (tertiary alicyclic amines) is 1. The van der Waals surface area contributed by atoms with Gasteiger partial charge in [0, 0.05) is 37.9 Å². The zero-order valence-corrected chi connectivity index (χ0v) is 15.0. The van der Waals surface area contributed by atoms with Gasteiger partial charge in [0.15, 0.2) is 11.5 Å². The molecule has 4 rings (SSSR count). The molecule has 1 aromatic carbocycles. The number of carbonyl (C=O) groups excluding carboxylic acids is 1. The van der Waals surface area contributed by atoms with E-state index in [0.717, 1.165) is 17.1 Å². The van der Waals surface area contributed by atoms with Crippen LogP contribution in [-0.2, 0) is 16.1 Å². The van der Waals surface area contributed by atoms with Crippen molar-refractivity contribution in [2.45, 2.75) is 57.3 Å². The van der Waals surface area contributed by atoms with Crippen LogP contribution in [0.4, 0.5) is 0 Å². The van der Waals surface area contributed by atoms with E-state index < -0.39 is 5.79 Å². The number of amides is 1. The molecule has 1 aromatic rings. The molecule has 5 nitrogen and oxygen atoms in total. The number of fused-ring (bicyclic) bond motifs is 1. The highest BCUT2D eigenvalue weighted by Crippen LogP contribution is 2.42. The molecule has 2 heterocycles. The highest BCUT2D eigenvalue weighted by Gasteiger charge is 2.42. The second-order valence-corrected chi connectivity index (χ2v) is 7.49. The first-order chi connectivity index (χ1) is 12.2. The Morgan fingerprint density at radius 2 is 2.04 bits per heavy atom. The highest BCUT2D eigenvalue weighted by atomic mass is 16.7. The molecule has 5 heteroatoms. The number of benzene rings is 1. The average Bonchev–Trinajstić information content (AvgIpc) is 3.15. The Hall–Kier alpha value is -1.75. The normalized spacial score (nSPS) is 22.5. The number of hydrogen-bond acceptors (Lipinski definition) is 4. The topological polar surface area (TPSA) is 48.0 Å². The molecule has 0 bridgehead atoms. The number of hydrogen-bond donors (Lipinski definition) is 0. The summed E-state index contributed by atoms with van der Waals surface area (Å²) < 4.78 is 17.8. The van der Waals surface area contributed by atoms with Gasteiger partial charge in [-0.15, -0.1) is 0 Å². The highest BCUT2D eigenvalue weighted by molar-refractivity contribution is 5.76. The van der Waals surface area contributed by atoms with E-state index in [1.165, 1.54) is 25.7 Å². The van der Waals surface area contributed by atoms with Crippen LogP contribution in [0, 0.1) is 5.92 Å². The van der Waals surface area contributed by atoms with E-state index in [2.05, 4.69) is 0 Å². The van der Waals surface area contributed by atoms with Gasteiger partial charge in [-0.1, -0.05) is 25.0 Å². The van der Waals surface area contributed by atoms with Gasteiger partial charge in [-0.05, 0) is 24.8 Å². The summed E-state index contributed by atoms with van der Waals surface area (Å²) in [6.45, 7) is 1.94. The van der Waals surface area contributed by atoms with Crippen molar-refractivity contribution in [3.8, 4) is 11.5 Å². The summed E-state index contributed by atoms with van der Waals surface area (Å²) in [6, 6.07) is 5.87. The molecular formula is C20H27NO4. The van der Waals surface area contributed by atoms with Crippen LogP contribution in [0.3, 0.4) is 0 Å². The lowest BCUT2D eigenvalue weighted by atomic mass is 9.98. The number of nitrogens with zero attached hydrogens (tertiary/aromatic N) is 1. The van der Waals surface area contributed by atoms with Crippen molar-refractivity contribution in [3.05, 3.63) is 23.8 Å². The monoisotopic (exact) mass is 345 g/mol. The minimum absolute atomic E-state index is 0.301. The summed E-state index contributed by atoms with van der Waals surface area (Å²) >= 11 is 0. The molecule has 3 aliphatic rings. The largest absolute Gasteiger partial charge is 0.493 e. The van der Waals surface area contributed by atoms with Crippen molar-refractivity contribution >= 4 is 5.91 Å². The van der Waals surface area contributed by atoms with Crippen LogP contribution in [-0.4, -0.2) is 36.8 Å². The standard InChI is InChI=1S/C20H27NO4/c1-23-17-8-4-7-16-14-24-20(25-19(16)17)9-11-21(12-10-20)18(22)13-15-5-2-3-6-15/h4,7-8,15H,2-3,5-6,9-14H2,1H3. The molecule has 1 saturated carbocycles. The number of methoxy groups -OCH3 is 1. The Labute approximate surface area is 149 Å². The molecule has 0 atom stereocenters. The van der Waals surface area contributed by atoms with Crippen LogP contribution >= 0.6 is 0 Å². The second-order valence-electron chi connectivity index (χ2n) is 7.49. The molecular weight excluding hydrogens is 318 g/mol. The zero-order chi connectivity index (χ0) is 17.3. The van der Waals surface area contributed by atoms with Gasteiger partial charge in [-0.25, -0.2) is 0 Å².